The number of nitrogens with zero attached hydrogens (tertiary/aromatic N) is 5. The van der Waals surface area contributed by atoms with Crippen molar-refractivity contribution in [3.8, 4) is 23.0 Å². The van der Waals surface area contributed by atoms with Crippen LogP contribution in [0.15, 0.2) is 94.4 Å². The molecule has 11 nitrogen and oxygen atoms in total. The second-order valence-corrected chi connectivity index (χ2v) is 9.79. The van der Waals surface area contributed by atoms with E-state index < -0.39 is 6.04 Å². The van der Waals surface area contributed by atoms with Gasteiger partial charge in [-0.2, -0.15) is 0 Å². The van der Waals surface area contributed by atoms with E-state index in [4.69, 9.17) is 4.42 Å². The standard InChI is InChI=1S/C30H28N8O3/c1-18(2)38-26-14-20(11-12-21(26)28(40)37-38)33-27-15-24(34-25(17-39)19-8-4-3-5-9-19)22(16-32-27)29-35-36-30(41-29)23-10-6-7-13-31-23/h3-16,18,25,39H,17H2,1-2H3,(H,37,40)(H2,32,33,34)/t25-/m1/s1. The number of aliphatic hydroxyl groups is 1. The van der Waals surface area contributed by atoms with Crippen LogP contribution >= 0.6 is 0 Å². The highest BCUT2D eigenvalue weighted by atomic mass is 16.4. The number of hydrogen-bond donors (Lipinski definition) is 4. The van der Waals surface area contributed by atoms with Gasteiger partial charge >= 0.3 is 0 Å². The van der Waals surface area contributed by atoms with Crippen LogP contribution in [0.3, 0.4) is 0 Å². The van der Waals surface area contributed by atoms with E-state index in [1.807, 2.05) is 79.2 Å². The molecule has 0 bridgehead atoms. The molecule has 4 heterocycles. The lowest BCUT2D eigenvalue weighted by molar-refractivity contribution is 0.276. The Labute approximate surface area is 234 Å². The summed E-state index contributed by atoms with van der Waals surface area (Å²) in [5.74, 6) is 1.08. The highest BCUT2D eigenvalue weighted by Gasteiger charge is 2.19. The van der Waals surface area contributed by atoms with E-state index in [0.717, 1.165) is 16.8 Å². The number of nitrogens with one attached hydrogen (secondary N) is 3. The number of pyridine rings is 2. The van der Waals surface area contributed by atoms with Gasteiger partial charge in [-0.1, -0.05) is 36.4 Å². The van der Waals surface area contributed by atoms with Crippen molar-refractivity contribution in [1.82, 2.24) is 29.9 Å². The number of aromatic nitrogens is 6. The van der Waals surface area contributed by atoms with Gasteiger partial charge in [0, 0.05) is 30.2 Å². The number of fused-ring (bicyclic) bond motifs is 1. The zero-order valence-electron chi connectivity index (χ0n) is 22.4. The molecule has 0 aliphatic heterocycles. The molecule has 4 N–H and O–H groups in total. The molecule has 2 aromatic carbocycles. The van der Waals surface area contributed by atoms with Gasteiger partial charge in [-0.15, -0.1) is 10.2 Å². The van der Waals surface area contributed by atoms with E-state index in [1.165, 1.54) is 0 Å². The molecule has 11 heteroatoms. The van der Waals surface area contributed by atoms with Crippen LogP contribution < -0.4 is 16.2 Å². The van der Waals surface area contributed by atoms with Gasteiger partial charge in [-0.3, -0.25) is 19.6 Å². The number of aliphatic hydroxyl groups excluding tert-OH is 1. The summed E-state index contributed by atoms with van der Waals surface area (Å²) in [6.45, 7) is 3.87. The van der Waals surface area contributed by atoms with Gasteiger partial charge in [0.05, 0.1) is 34.8 Å². The molecule has 0 saturated carbocycles. The average molecular weight is 549 g/mol. The molecule has 0 aliphatic rings. The first-order valence-corrected chi connectivity index (χ1v) is 13.2. The highest BCUT2D eigenvalue weighted by Crippen LogP contribution is 2.33. The summed E-state index contributed by atoms with van der Waals surface area (Å²) in [6.07, 6.45) is 3.30. The van der Waals surface area contributed by atoms with Crippen molar-refractivity contribution in [2.75, 3.05) is 17.2 Å². The van der Waals surface area contributed by atoms with Crippen molar-refractivity contribution < 1.29 is 9.52 Å². The molecule has 0 aliphatic carbocycles. The summed E-state index contributed by atoms with van der Waals surface area (Å²) in [5, 5.41) is 28.9. The number of rotatable bonds is 9. The first kappa shape index (κ1) is 26.0. The van der Waals surface area contributed by atoms with E-state index in [9.17, 15) is 9.90 Å². The fourth-order valence-corrected chi connectivity index (χ4v) is 4.63. The monoisotopic (exact) mass is 548 g/mol. The first-order chi connectivity index (χ1) is 20.0. The van der Waals surface area contributed by atoms with Gasteiger partial charge < -0.3 is 20.2 Å². The molecule has 0 radical (unpaired) electrons. The second-order valence-electron chi connectivity index (χ2n) is 9.79. The van der Waals surface area contributed by atoms with Crippen molar-refractivity contribution in [3.63, 3.8) is 0 Å². The quantitative estimate of drug-likeness (QED) is 0.189. The highest BCUT2D eigenvalue weighted by molar-refractivity contribution is 5.84. The number of hydrogen-bond acceptors (Lipinski definition) is 9. The van der Waals surface area contributed by atoms with Crippen LogP contribution in [0.2, 0.25) is 0 Å². The number of anilines is 3. The SMILES string of the molecule is CC(C)n1[nH]c(=O)c2ccc(Nc3cc(N[C@H](CO)c4ccccc4)c(-c4nnc(-c5ccccn5)o4)cn3)cc21. The van der Waals surface area contributed by atoms with Crippen LogP contribution in [0, 0.1) is 0 Å². The third-order valence-electron chi connectivity index (χ3n) is 6.67. The van der Waals surface area contributed by atoms with Crippen LogP contribution in [-0.4, -0.2) is 41.7 Å². The summed E-state index contributed by atoms with van der Waals surface area (Å²) >= 11 is 0. The molecule has 1 atom stereocenters. The minimum atomic E-state index is -0.403. The molecule has 0 spiro atoms. The van der Waals surface area contributed by atoms with Crippen LogP contribution in [0.5, 0.6) is 0 Å². The molecule has 0 fully saturated rings. The van der Waals surface area contributed by atoms with E-state index >= 15 is 0 Å². The Morgan fingerprint density at radius 1 is 0.976 bits per heavy atom. The fraction of sp³-hybridized carbons (Fsp3) is 0.167. The number of aromatic amines is 1. The van der Waals surface area contributed by atoms with Crippen molar-refractivity contribution in [1.29, 1.82) is 0 Å². The van der Waals surface area contributed by atoms with Crippen LogP contribution in [0.1, 0.15) is 31.5 Å². The topological polar surface area (TPSA) is 147 Å². The number of H-pyrrole nitrogens is 1. The van der Waals surface area contributed by atoms with Crippen molar-refractivity contribution in [2.24, 2.45) is 0 Å². The van der Waals surface area contributed by atoms with Gasteiger partial charge in [-0.05, 0) is 49.7 Å². The Balaban J connectivity index is 1.38. The molecule has 0 unspecified atom stereocenters. The lowest BCUT2D eigenvalue weighted by atomic mass is 10.1. The molecule has 0 amide bonds. The summed E-state index contributed by atoms with van der Waals surface area (Å²) in [5.41, 5.74) is 4.09. The van der Waals surface area contributed by atoms with Gasteiger partial charge in [-0.25, -0.2) is 4.98 Å². The Morgan fingerprint density at radius 3 is 2.54 bits per heavy atom. The van der Waals surface area contributed by atoms with Crippen LogP contribution in [-0.2, 0) is 0 Å². The van der Waals surface area contributed by atoms with Crippen LogP contribution in [0.4, 0.5) is 17.2 Å². The van der Waals surface area contributed by atoms with Gasteiger partial charge in [0.25, 0.3) is 17.3 Å². The normalized spacial score (nSPS) is 12.1. The van der Waals surface area contributed by atoms with Gasteiger partial charge in [0.15, 0.2) is 0 Å². The fourth-order valence-electron chi connectivity index (χ4n) is 4.63. The van der Waals surface area contributed by atoms with E-state index in [1.54, 1.807) is 24.5 Å². The number of benzene rings is 2. The molecule has 206 valence electrons. The van der Waals surface area contributed by atoms with Crippen molar-refractivity contribution in [3.05, 3.63) is 101 Å². The average Bonchev–Trinajstić information content (AvgIpc) is 3.62. The minimum Gasteiger partial charge on any atom is -0.414 e. The molecule has 0 saturated heterocycles. The predicted molar refractivity (Wildman–Crippen MR) is 157 cm³/mol. The lowest BCUT2D eigenvalue weighted by Crippen LogP contribution is -2.15. The smallest absolute Gasteiger partial charge is 0.271 e. The predicted octanol–water partition coefficient (Wildman–Crippen LogP) is 5.31. The first-order valence-electron chi connectivity index (χ1n) is 13.2. The zero-order chi connectivity index (χ0) is 28.3. The molecular formula is C30H28N8O3. The van der Waals surface area contributed by atoms with Crippen LogP contribution in [0.25, 0.3) is 33.9 Å². The summed E-state index contributed by atoms with van der Waals surface area (Å²) in [7, 11) is 0. The Hall–Kier alpha value is -5.29. The summed E-state index contributed by atoms with van der Waals surface area (Å²) in [4.78, 5) is 21.3. The van der Waals surface area contributed by atoms with Crippen molar-refractivity contribution >= 4 is 28.1 Å². The molecule has 4 aromatic heterocycles. The molecular weight excluding hydrogens is 520 g/mol. The lowest BCUT2D eigenvalue weighted by Gasteiger charge is -2.20. The van der Waals surface area contributed by atoms with Crippen molar-refractivity contribution in [2.45, 2.75) is 25.9 Å². The maximum absolute atomic E-state index is 12.4. The molecule has 6 aromatic rings. The Kier molecular flexibility index (Phi) is 7.00. The van der Waals surface area contributed by atoms with E-state index in [2.05, 4.69) is 35.9 Å². The van der Waals surface area contributed by atoms with E-state index in [-0.39, 0.29) is 30.0 Å². The maximum Gasteiger partial charge on any atom is 0.271 e. The molecule has 6 rings (SSSR count). The zero-order valence-corrected chi connectivity index (χ0v) is 22.4. The minimum absolute atomic E-state index is 0.0856. The van der Waals surface area contributed by atoms with Gasteiger partial charge in [0.1, 0.15) is 11.5 Å². The van der Waals surface area contributed by atoms with Gasteiger partial charge in [0.2, 0.25) is 0 Å². The third kappa shape index (κ3) is 5.30. The summed E-state index contributed by atoms with van der Waals surface area (Å²) < 4.78 is 7.82. The largest absolute Gasteiger partial charge is 0.414 e. The Bertz CT molecular complexity index is 1840. The second kappa shape index (κ2) is 11.1. The Morgan fingerprint density at radius 2 is 1.78 bits per heavy atom. The maximum atomic E-state index is 12.4. The van der Waals surface area contributed by atoms with E-state index in [0.29, 0.717) is 28.1 Å². The third-order valence-corrected chi connectivity index (χ3v) is 6.67. The molecule has 41 heavy (non-hydrogen) atoms. The summed E-state index contributed by atoms with van der Waals surface area (Å²) in [6, 6.07) is 22.1.